The van der Waals surface area contributed by atoms with Crippen molar-refractivity contribution >= 4 is 27.1 Å². The summed E-state index contributed by atoms with van der Waals surface area (Å²) in [7, 11) is -2.54. The minimum atomic E-state index is -4.04. The van der Waals surface area contributed by atoms with Gasteiger partial charge in [0.1, 0.15) is 5.75 Å². The fraction of sp³-hybridized carbons (Fsp3) is 0.292. The maximum absolute atomic E-state index is 13.5. The second kappa shape index (κ2) is 9.64. The second-order valence-electron chi connectivity index (χ2n) is 8.06. The summed E-state index contributed by atoms with van der Waals surface area (Å²) in [4.78, 5) is 16.0. The number of likely N-dealkylation sites (tertiary alicyclic amines) is 1. The van der Waals surface area contributed by atoms with Crippen LogP contribution in [0.25, 0.3) is 10.4 Å². The van der Waals surface area contributed by atoms with Crippen molar-refractivity contribution in [3.8, 4) is 16.2 Å². The molecule has 2 heterocycles. The standard InChI is InChI=1S/C24H26N2O5S2/c1-31-20-8-10-21(11-9-20)33(29,30)24(23(27)25-28)12-14-26(15-13-24)17-18-4-6-19(7-5-18)22-3-2-16-32-22/h2-11,16,28H,12-15,17H2,1H3,(H,25,27). The van der Waals surface area contributed by atoms with Gasteiger partial charge in [-0.25, -0.2) is 13.9 Å². The van der Waals surface area contributed by atoms with E-state index in [0.29, 0.717) is 25.4 Å². The number of carbonyl (C=O) groups excluding carboxylic acids is 1. The van der Waals surface area contributed by atoms with Gasteiger partial charge in [0, 0.05) is 24.5 Å². The Labute approximate surface area is 197 Å². The number of hydrogen-bond donors (Lipinski definition) is 2. The molecule has 0 unspecified atom stereocenters. The summed E-state index contributed by atoms with van der Waals surface area (Å²) in [5, 5.41) is 11.4. The van der Waals surface area contributed by atoms with E-state index in [1.807, 2.05) is 11.4 Å². The quantitative estimate of drug-likeness (QED) is 0.390. The van der Waals surface area contributed by atoms with Crippen molar-refractivity contribution in [2.24, 2.45) is 0 Å². The van der Waals surface area contributed by atoms with E-state index < -0.39 is 20.5 Å². The number of nitrogens with zero attached hydrogens (tertiary/aromatic N) is 1. The number of thiophene rings is 1. The van der Waals surface area contributed by atoms with Gasteiger partial charge in [0.2, 0.25) is 0 Å². The first-order chi connectivity index (χ1) is 15.9. The van der Waals surface area contributed by atoms with E-state index in [9.17, 15) is 18.4 Å². The highest BCUT2D eigenvalue weighted by molar-refractivity contribution is 7.93. The molecule has 1 amide bonds. The Morgan fingerprint density at radius 2 is 1.76 bits per heavy atom. The van der Waals surface area contributed by atoms with Gasteiger partial charge < -0.3 is 4.74 Å². The Kier molecular flexibility index (Phi) is 6.85. The zero-order valence-electron chi connectivity index (χ0n) is 18.2. The van der Waals surface area contributed by atoms with Crippen molar-refractivity contribution in [2.75, 3.05) is 20.2 Å². The van der Waals surface area contributed by atoms with Crippen LogP contribution in [0.15, 0.2) is 70.9 Å². The number of amides is 1. The van der Waals surface area contributed by atoms with Crippen molar-refractivity contribution in [1.82, 2.24) is 10.4 Å². The number of carbonyl (C=O) groups is 1. The summed E-state index contributed by atoms with van der Waals surface area (Å²) in [5.41, 5.74) is 3.88. The molecular formula is C24H26N2O5S2. The lowest BCUT2D eigenvalue weighted by molar-refractivity contribution is -0.133. The fourth-order valence-corrected chi connectivity index (χ4v) is 6.94. The molecule has 0 saturated carbocycles. The van der Waals surface area contributed by atoms with Gasteiger partial charge in [-0.1, -0.05) is 30.3 Å². The number of ether oxygens (including phenoxy) is 1. The smallest absolute Gasteiger partial charge is 0.265 e. The molecule has 9 heteroatoms. The summed E-state index contributed by atoms with van der Waals surface area (Å²) in [6, 6.07) is 18.4. The maximum Gasteiger partial charge on any atom is 0.265 e. The Bertz CT molecular complexity index is 1180. The van der Waals surface area contributed by atoms with E-state index in [2.05, 4.69) is 35.2 Å². The van der Waals surface area contributed by atoms with E-state index in [1.165, 1.54) is 24.1 Å². The summed E-state index contributed by atoms with van der Waals surface area (Å²) in [5.74, 6) is -0.368. The first-order valence-corrected chi connectivity index (χ1v) is 12.9. The lowest BCUT2D eigenvalue weighted by Crippen LogP contribution is -2.57. The van der Waals surface area contributed by atoms with Crippen LogP contribution >= 0.6 is 11.3 Å². The molecule has 174 valence electrons. The number of methoxy groups -OCH3 is 1. The van der Waals surface area contributed by atoms with Crippen LogP contribution in [-0.4, -0.2) is 49.4 Å². The minimum Gasteiger partial charge on any atom is -0.497 e. The molecule has 1 aliphatic rings. The molecule has 1 aromatic heterocycles. The van der Waals surface area contributed by atoms with Gasteiger partial charge in [-0.3, -0.25) is 14.9 Å². The van der Waals surface area contributed by atoms with Crippen molar-refractivity contribution in [2.45, 2.75) is 29.0 Å². The van der Waals surface area contributed by atoms with Crippen LogP contribution in [0.2, 0.25) is 0 Å². The van der Waals surface area contributed by atoms with E-state index >= 15 is 0 Å². The van der Waals surface area contributed by atoms with Crippen molar-refractivity contribution in [3.05, 3.63) is 71.6 Å². The third kappa shape index (κ3) is 4.54. The molecule has 0 radical (unpaired) electrons. The summed E-state index contributed by atoms with van der Waals surface area (Å²) in [6.45, 7) is 1.48. The topological polar surface area (TPSA) is 95.9 Å². The largest absolute Gasteiger partial charge is 0.497 e. The van der Waals surface area contributed by atoms with Crippen LogP contribution in [0.1, 0.15) is 18.4 Å². The van der Waals surface area contributed by atoms with Crippen LogP contribution < -0.4 is 10.2 Å². The molecule has 3 aromatic rings. The molecule has 33 heavy (non-hydrogen) atoms. The van der Waals surface area contributed by atoms with E-state index in [-0.39, 0.29) is 17.7 Å². The number of sulfone groups is 1. The Balaban J connectivity index is 1.49. The predicted octanol–water partition coefficient (Wildman–Crippen LogP) is 3.74. The molecule has 0 bridgehead atoms. The fourth-order valence-electron chi connectivity index (χ4n) is 4.25. The van der Waals surface area contributed by atoms with Crippen LogP contribution in [0, 0.1) is 0 Å². The van der Waals surface area contributed by atoms with Crippen molar-refractivity contribution in [1.29, 1.82) is 0 Å². The second-order valence-corrected chi connectivity index (χ2v) is 11.3. The molecule has 0 aliphatic carbocycles. The van der Waals surface area contributed by atoms with Gasteiger partial charge in [-0.15, -0.1) is 11.3 Å². The van der Waals surface area contributed by atoms with E-state index in [1.54, 1.807) is 28.9 Å². The number of nitrogens with one attached hydrogen (secondary N) is 1. The molecule has 1 fully saturated rings. The van der Waals surface area contributed by atoms with Crippen LogP contribution in [0.4, 0.5) is 0 Å². The predicted molar refractivity (Wildman–Crippen MR) is 127 cm³/mol. The molecule has 7 nitrogen and oxygen atoms in total. The normalized spacial score (nSPS) is 16.3. The van der Waals surface area contributed by atoms with Gasteiger partial charge in [-0.05, 0) is 59.7 Å². The van der Waals surface area contributed by atoms with Gasteiger partial charge in [-0.2, -0.15) is 0 Å². The zero-order chi connectivity index (χ0) is 23.5. The summed E-state index contributed by atoms with van der Waals surface area (Å²) in [6.07, 6.45) is 0.169. The molecule has 0 atom stereocenters. The van der Waals surface area contributed by atoms with Crippen molar-refractivity contribution < 1.29 is 23.2 Å². The molecule has 1 saturated heterocycles. The Hall–Kier alpha value is -2.72. The first kappa shape index (κ1) is 23.4. The monoisotopic (exact) mass is 486 g/mol. The lowest BCUT2D eigenvalue weighted by Gasteiger charge is -2.39. The van der Waals surface area contributed by atoms with Gasteiger partial charge in [0.15, 0.2) is 14.6 Å². The maximum atomic E-state index is 13.5. The van der Waals surface area contributed by atoms with Gasteiger partial charge in [0.25, 0.3) is 5.91 Å². The average Bonchev–Trinajstić information content (AvgIpc) is 3.39. The molecule has 1 aliphatic heterocycles. The SMILES string of the molecule is COc1ccc(S(=O)(=O)C2(C(=O)NO)CCN(Cc3ccc(-c4cccs4)cc3)CC2)cc1. The average molecular weight is 487 g/mol. The highest BCUT2D eigenvalue weighted by Gasteiger charge is 2.52. The lowest BCUT2D eigenvalue weighted by atomic mass is 9.94. The Morgan fingerprint density at radius 3 is 2.30 bits per heavy atom. The highest BCUT2D eigenvalue weighted by Crippen LogP contribution is 2.37. The third-order valence-corrected chi connectivity index (χ3v) is 9.66. The molecular weight excluding hydrogens is 460 g/mol. The number of benzene rings is 2. The Morgan fingerprint density at radius 1 is 1.09 bits per heavy atom. The summed E-state index contributed by atoms with van der Waals surface area (Å²) < 4.78 is 30.4. The highest BCUT2D eigenvalue weighted by atomic mass is 32.2. The summed E-state index contributed by atoms with van der Waals surface area (Å²) >= 11 is 1.69. The molecule has 2 aromatic carbocycles. The number of piperidine rings is 1. The molecule has 0 spiro atoms. The first-order valence-electron chi connectivity index (χ1n) is 10.6. The van der Waals surface area contributed by atoms with E-state index in [0.717, 1.165) is 11.1 Å². The number of hydrogen-bond acceptors (Lipinski definition) is 7. The van der Waals surface area contributed by atoms with Crippen LogP contribution in [0.3, 0.4) is 0 Å². The van der Waals surface area contributed by atoms with Crippen LogP contribution in [0.5, 0.6) is 5.75 Å². The van der Waals surface area contributed by atoms with Gasteiger partial charge in [0.05, 0.1) is 12.0 Å². The molecule has 2 N–H and O–H groups in total. The van der Waals surface area contributed by atoms with Gasteiger partial charge >= 0.3 is 0 Å². The zero-order valence-corrected chi connectivity index (χ0v) is 19.9. The number of hydroxylamine groups is 1. The van der Waals surface area contributed by atoms with E-state index in [4.69, 9.17) is 4.74 Å². The molecule has 4 rings (SSSR count). The van der Waals surface area contributed by atoms with Crippen LogP contribution in [-0.2, 0) is 21.2 Å². The van der Waals surface area contributed by atoms with Crippen molar-refractivity contribution in [3.63, 3.8) is 0 Å². The number of rotatable bonds is 7. The third-order valence-electron chi connectivity index (χ3n) is 6.23. The minimum absolute atomic E-state index is 0.0320.